The van der Waals surface area contributed by atoms with Gasteiger partial charge in [-0.25, -0.2) is 0 Å². The second-order valence-electron chi connectivity index (χ2n) is 5.37. The highest BCUT2D eigenvalue weighted by Crippen LogP contribution is 2.21. The molecule has 24 heavy (non-hydrogen) atoms. The summed E-state index contributed by atoms with van der Waals surface area (Å²) >= 11 is 0. The van der Waals surface area contributed by atoms with Crippen LogP contribution in [0, 0.1) is 0 Å². The normalized spacial score (nSPS) is 10.4. The van der Waals surface area contributed by atoms with Gasteiger partial charge in [0.2, 0.25) is 11.8 Å². The first-order valence-corrected chi connectivity index (χ1v) is 8.07. The van der Waals surface area contributed by atoms with E-state index in [2.05, 4.69) is 16.0 Å². The van der Waals surface area contributed by atoms with Crippen LogP contribution in [0.2, 0.25) is 0 Å². The van der Waals surface area contributed by atoms with Gasteiger partial charge in [-0.2, -0.15) is 0 Å². The number of nitrogens with one attached hydrogen (secondary N) is 3. The molecular weight excluding hydrogens is 302 g/mol. The molecule has 0 aromatic heterocycles. The fraction of sp³-hybridized carbons (Fsp3) is 0.263. The van der Waals surface area contributed by atoms with E-state index in [0.29, 0.717) is 6.54 Å². The molecular formula is C19H23N3O2. The number of rotatable bonds is 8. The maximum absolute atomic E-state index is 12.0. The van der Waals surface area contributed by atoms with Gasteiger partial charge in [0.05, 0.1) is 19.1 Å². The smallest absolute Gasteiger partial charge is 0.239 e. The van der Waals surface area contributed by atoms with Crippen molar-refractivity contribution in [3.8, 4) is 0 Å². The molecule has 0 saturated carbocycles. The van der Waals surface area contributed by atoms with Crippen molar-refractivity contribution >= 4 is 11.8 Å². The van der Waals surface area contributed by atoms with Crippen LogP contribution in [0.15, 0.2) is 60.7 Å². The molecule has 0 atom stereocenters. The van der Waals surface area contributed by atoms with Crippen LogP contribution in [0.25, 0.3) is 0 Å². The Morgan fingerprint density at radius 3 is 1.79 bits per heavy atom. The van der Waals surface area contributed by atoms with Gasteiger partial charge in [0.15, 0.2) is 0 Å². The standard InChI is InChI=1S/C19H23N3O2/c1-2-20-17(23)13-21-18(24)14-22-19(15-9-5-3-6-10-15)16-11-7-4-8-12-16/h3-12,19,22H,2,13-14H2,1H3,(H,20,23)(H,21,24). The van der Waals surface area contributed by atoms with Crippen LogP contribution in [-0.4, -0.2) is 31.4 Å². The Labute approximate surface area is 142 Å². The number of benzene rings is 2. The molecule has 0 saturated heterocycles. The van der Waals surface area contributed by atoms with E-state index in [-0.39, 0.29) is 30.9 Å². The van der Waals surface area contributed by atoms with Gasteiger partial charge < -0.3 is 10.6 Å². The Morgan fingerprint density at radius 1 is 0.792 bits per heavy atom. The van der Waals surface area contributed by atoms with Crippen molar-refractivity contribution in [3.05, 3.63) is 71.8 Å². The van der Waals surface area contributed by atoms with E-state index in [1.54, 1.807) is 0 Å². The van der Waals surface area contributed by atoms with Gasteiger partial charge in [-0.15, -0.1) is 0 Å². The van der Waals surface area contributed by atoms with Crippen LogP contribution in [0.4, 0.5) is 0 Å². The lowest BCUT2D eigenvalue weighted by atomic mass is 9.99. The van der Waals surface area contributed by atoms with Gasteiger partial charge in [-0.05, 0) is 18.1 Å². The van der Waals surface area contributed by atoms with Crippen LogP contribution in [-0.2, 0) is 9.59 Å². The zero-order valence-corrected chi connectivity index (χ0v) is 13.8. The lowest BCUT2D eigenvalue weighted by Gasteiger charge is -2.19. The quantitative estimate of drug-likeness (QED) is 0.691. The van der Waals surface area contributed by atoms with Crippen LogP contribution in [0.1, 0.15) is 24.1 Å². The molecule has 0 aliphatic rings. The van der Waals surface area contributed by atoms with Crippen molar-refractivity contribution in [2.75, 3.05) is 19.6 Å². The second-order valence-corrected chi connectivity index (χ2v) is 5.37. The zero-order valence-electron chi connectivity index (χ0n) is 13.8. The minimum atomic E-state index is -0.210. The predicted octanol–water partition coefficient (Wildman–Crippen LogP) is 1.62. The molecule has 2 amide bonds. The topological polar surface area (TPSA) is 70.2 Å². The van der Waals surface area contributed by atoms with Crippen molar-refractivity contribution in [2.45, 2.75) is 13.0 Å². The van der Waals surface area contributed by atoms with E-state index in [9.17, 15) is 9.59 Å². The van der Waals surface area contributed by atoms with Gasteiger partial charge in [0.25, 0.3) is 0 Å². The van der Waals surface area contributed by atoms with Crippen LogP contribution in [0.3, 0.4) is 0 Å². The average Bonchev–Trinajstić information content (AvgIpc) is 2.62. The van der Waals surface area contributed by atoms with Gasteiger partial charge in [-0.1, -0.05) is 60.7 Å². The van der Waals surface area contributed by atoms with E-state index < -0.39 is 0 Å². The van der Waals surface area contributed by atoms with Crippen LogP contribution < -0.4 is 16.0 Å². The summed E-state index contributed by atoms with van der Waals surface area (Å²) < 4.78 is 0. The molecule has 0 radical (unpaired) electrons. The first-order valence-electron chi connectivity index (χ1n) is 8.07. The second kappa shape index (κ2) is 9.47. The highest BCUT2D eigenvalue weighted by Gasteiger charge is 2.14. The highest BCUT2D eigenvalue weighted by atomic mass is 16.2. The molecule has 126 valence electrons. The lowest BCUT2D eigenvalue weighted by molar-refractivity contribution is -0.125. The maximum atomic E-state index is 12.0. The SMILES string of the molecule is CCNC(=O)CNC(=O)CNC(c1ccccc1)c1ccccc1. The van der Waals surface area contributed by atoms with Crippen molar-refractivity contribution < 1.29 is 9.59 Å². The molecule has 2 aromatic rings. The van der Waals surface area contributed by atoms with Crippen molar-refractivity contribution in [1.82, 2.24) is 16.0 Å². The summed E-state index contributed by atoms with van der Waals surface area (Å²) in [4.78, 5) is 23.3. The van der Waals surface area contributed by atoms with E-state index >= 15 is 0 Å². The number of carbonyl (C=O) groups is 2. The fourth-order valence-electron chi connectivity index (χ4n) is 2.41. The van der Waals surface area contributed by atoms with E-state index in [1.165, 1.54) is 0 Å². The number of carbonyl (C=O) groups excluding carboxylic acids is 2. The molecule has 0 aliphatic carbocycles. The average molecular weight is 325 g/mol. The monoisotopic (exact) mass is 325 g/mol. The molecule has 3 N–H and O–H groups in total. The fourth-order valence-corrected chi connectivity index (χ4v) is 2.41. The summed E-state index contributed by atoms with van der Waals surface area (Å²) in [5, 5.41) is 8.52. The van der Waals surface area contributed by atoms with E-state index in [1.807, 2.05) is 67.6 Å². The molecule has 0 bridgehead atoms. The summed E-state index contributed by atoms with van der Waals surface area (Å²) in [5.74, 6) is -0.397. The minimum absolute atomic E-state index is 0.00427. The van der Waals surface area contributed by atoms with Crippen molar-refractivity contribution in [3.63, 3.8) is 0 Å². The zero-order chi connectivity index (χ0) is 17.2. The minimum Gasteiger partial charge on any atom is -0.355 e. The Bertz CT molecular complexity index is 605. The lowest BCUT2D eigenvalue weighted by Crippen LogP contribution is -2.41. The van der Waals surface area contributed by atoms with Crippen LogP contribution in [0.5, 0.6) is 0 Å². The molecule has 0 heterocycles. The molecule has 0 fully saturated rings. The number of hydrogen-bond donors (Lipinski definition) is 3. The van der Waals surface area contributed by atoms with Gasteiger partial charge in [0.1, 0.15) is 0 Å². The Balaban J connectivity index is 1.97. The molecule has 2 rings (SSSR count). The molecule has 0 unspecified atom stereocenters. The summed E-state index contributed by atoms with van der Waals surface area (Å²) in [5.41, 5.74) is 2.17. The molecule has 5 heteroatoms. The number of amides is 2. The molecule has 0 spiro atoms. The Kier molecular flexibility index (Phi) is 6.98. The first-order chi connectivity index (χ1) is 11.7. The summed E-state index contributed by atoms with van der Waals surface area (Å²) in [6, 6.07) is 19.8. The highest BCUT2D eigenvalue weighted by molar-refractivity contribution is 5.85. The third-order valence-electron chi connectivity index (χ3n) is 3.55. The molecule has 2 aromatic carbocycles. The van der Waals surface area contributed by atoms with Gasteiger partial charge in [0, 0.05) is 6.54 Å². The number of hydrogen-bond acceptors (Lipinski definition) is 3. The summed E-state index contributed by atoms with van der Waals surface area (Å²) in [6.07, 6.45) is 0. The Morgan fingerprint density at radius 2 is 1.29 bits per heavy atom. The van der Waals surface area contributed by atoms with Crippen molar-refractivity contribution in [2.24, 2.45) is 0 Å². The van der Waals surface area contributed by atoms with Gasteiger partial charge >= 0.3 is 0 Å². The third-order valence-corrected chi connectivity index (χ3v) is 3.55. The largest absolute Gasteiger partial charge is 0.355 e. The van der Waals surface area contributed by atoms with E-state index in [4.69, 9.17) is 0 Å². The molecule has 5 nitrogen and oxygen atoms in total. The predicted molar refractivity (Wildman–Crippen MR) is 94.4 cm³/mol. The summed E-state index contributed by atoms with van der Waals surface area (Å²) in [6.45, 7) is 2.52. The Hall–Kier alpha value is -2.66. The van der Waals surface area contributed by atoms with E-state index in [0.717, 1.165) is 11.1 Å². The summed E-state index contributed by atoms with van der Waals surface area (Å²) in [7, 11) is 0. The maximum Gasteiger partial charge on any atom is 0.239 e. The first kappa shape index (κ1) is 17.7. The number of likely N-dealkylation sites (N-methyl/N-ethyl adjacent to an activating group) is 1. The van der Waals surface area contributed by atoms with Gasteiger partial charge in [-0.3, -0.25) is 14.9 Å². The van der Waals surface area contributed by atoms with Crippen molar-refractivity contribution in [1.29, 1.82) is 0 Å². The third kappa shape index (κ3) is 5.52. The van der Waals surface area contributed by atoms with Crippen LogP contribution >= 0.6 is 0 Å². The molecule has 0 aliphatic heterocycles.